The standard InChI is InChI=1S/C12H10BrN3S/c1-2-8(6-14)12-15-4-3-10(16-12)11-5-9(13)7-17-11/h3-5,7-8H,2H2,1H3. The molecule has 2 aromatic rings. The average molecular weight is 308 g/mol. The smallest absolute Gasteiger partial charge is 0.146 e. The number of halogens is 1. The molecule has 0 saturated carbocycles. The summed E-state index contributed by atoms with van der Waals surface area (Å²) in [5.74, 6) is 0.385. The van der Waals surface area contributed by atoms with Crippen LogP contribution in [0.4, 0.5) is 0 Å². The normalized spacial score (nSPS) is 12.1. The number of hydrogen-bond donors (Lipinski definition) is 0. The van der Waals surface area contributed by atoms with Gasteiger partial charge in [-0.2, -0.15) is 5.26 Å². The third-order valence-corrected chi connectivity index (χ3v) is 4.08. The first kappa shape index (κ1) is 12.2. The topological polar surface area (TPSA) is 49.6 Å². The Morgan fingerprint density at radius 2 is 2.41 bits per heavy atom. The van der Waals surface area contributed by atoms with E-state index in [2.05, 4.69) is 32.0 Å². The fourth-order valence-electron chi connectivity index (χ4n) is 1.46. The van der Waals surface area contributed by atoms with Gasteiger partial charge in [0.05, 0.1) is 16.6 Å². The van der Waals surface area contributed by atoms with Crippen molar-refractivity contribution in [2.75, 3.05) is 0 Å². The van der Waals surface area contributed by atoms with Crippen molar-refractivity contribution in [1.82, 2.24) is 9.97 Å². The first-order chi connectivity index (χ1) is 8.24. The predicted octanol–water partition coefficient (Wildman–Crippen LogP) is 3.98. The number of rotatable bonds is 3. The summed E-state index contributed by atoms with van der Waals surface area (Å²) in [4.78, 5) is 9.70. The van der Waals surface area contributed by atoms with Crippen LogP contribution < -0.4 is 0 Å². The van der Waals surface area contributed by atoms with Crippen LogP contribution in [0.1, 0.15) is 25.1 Å². The van der Waals surface area contributed by atoms with Crippen LogP contribution in [-0.2, 0) is 0 Å². The van der Waals surface area contributed by atoms with E-state index in [9.17, 15) is 0 Å². The first-order valence-electron chi connectivity index (χ1n) is 5.21. The van der Waals surface area contributed by atoms with Crippen LogP contribution in [0.5, 0.6) is 0 Å². The Morgan fingerprint density at radius 1 is 1.59 bits per heavy atom. The zero-order valence-corrected chi connectivity index (χ0v) is 11.6. The highest BCUT2D eigenvalue weighted by atomic mass is 79.9. The quantitative estimate of drug-likeness (QED) is 0.861. The van der Waals surface area contributed by atoms with Crippen LogP contribution >= 0.6 is 27.3 Å². The highest BCUT2D eigenvalue weighted by Gasteiger charge is 2.12. The molecule has 2 aromatic heterocycles. The van der Waals surface area contributed by atoms with Crippen molar-refractivity contribution < 1.29 is 0 Å². The van der Waals surface area contributed by atoms with E-state index in [-0.39, 0.29) is 5.92 Å². The maximum absolute atomic E-state index is 9.01. The summed E-state index contributed by atoms with van der Waals surface area (Å²) in [5.41, 5.74) is 0.874. The molecular weight excluding hydrogens is 298 g/mol. The summed E-state index contributed by atoms with van der Waals surface area (Å²) >= 11 is 5.04. The van der Waals surface area contributed by atoms with Gasteiger partial charge in [0.2, 0.25) is 0 Å². The molecule has 2 rings (SSSR count). The third-order valence-electron chi connectivity index (χ3n) is 2.37. The zero-order chi connectivity index (χ0) is 12.3. The average Bonchev–Trinajstić information content (AvgIpc) is 2.78. The maximum Gasteiger partial charge on any atom is 0.146 e. The van der Waals surface area contributed by atoms with E-state index in [0.29, 0.717) is 5.82 Å². The molecule has 0 radical (unpaired) electrons. The number of nitrogens with zero attached hydrogens (tertiary/aromatic N) is 3. The molecule has 3 nitrogen and oxygen atoms in total. The predicted molar refractivity (Wildman–Crippen MR) is 71.7 cm³/mol. The second-order valence-electron chi connectivity index (χ2n) is 3.52. The largest absolute Gasteiger partial charge is 0.240 e. The van der Waals surface area contributed by atoms with Crippen LogP contribution in [0.25, 0.3) is 10.6 Å². The van der Waals surface area contributed by atoms with E-state index >= 15 is 0 Å². The Labute approximate surface area is 112 Å². The van der Waals surface area contributed by atoms with Gasteiger partial charge in [-0.25, -0.2) is 9.97 Å². The Hall–Kier alpha value is -1.25. The van der Waals surface area contributed by atoms with Crippen molar-refractivity contribution in [3.8, 4) is 16.6 Å². The lowest BCUT2D eigenvalue weighted by Gasteiger charge is -2.05. The fourth-order valence-corrected chi connectivity index (χ4v) is 2.86. The summed E-state index contributed by atoms with van der Waals surface area (Å²) in [6, 6.07) is 6.11. The summed E-state index contributed by atoms with van der Waals surface area (Å²) < 4.78 is 1.05. The molecular formula is C12H10BrN3S. The van der Waals surface area contributed by atoms with Crippen molar-refractivity contribution in [1.29, 1.82) is 5.26 Å². The van der Waals surface area contributed by atoms with E-state index in [1.54, 1.807) is 17.5 Å². The number of aromatic nitrogens is 2. The Morgan fingerprint density at radius 3 is 3.00 bits per heavy atom. The van der Waals surface area contributed by atoms with Crippen LogP contribution in [0.15, 0.2) is 28.2 Å². The molecule has 17 heavy (non-hydrogen) atoms. The van der Waals surface area contributed by atoms with Crippen LogP contribution in [0.2, 0.25) is 0 Å². The van der Waals surface area contributed by atoms with Gasteiger partial charge in [0.25, 0.3) is 0 Å². The Bertz CT molecular complexity index is 559. The molecule has 0 spiro atoms. The minimum Gasteiger partial charge on any atom is -0.240 e. The molecule has 0 aliphatic rings. The van der Waals surface area contributed by atoms with Crippen LogP contribution in [0, 0.1) is 11.3 Å². The molecule has 0 aliphatic carbocycles. The van der Waals surface area contributed by atoms with Crippen LogP contribution in [-0.4, -0.2) is 9.97 Å². The van der Waals surface area contributed by atoms with Gasteiger partial charge >= 0.3 is 0 Å². The fraction of sp³-hybridized carbons (Fsp3) is 0.250. The van der Waals surface area contributed by atoms with Crippen molar-refractivity contribution in [2.45, 2.75) is 19.3 Å². The molecule has 1 unspecified atom stereocenters. The second-order valence-corrected chi connectivity index (χ2v) is 5.35. The van der Waals surface area contributed by atoms with Gasteiger partial charge in [-0.15, -0.1) is 11.3 Å². The Balaban J connectivity index is 2.38. The van der Waals surface area contributed by atoms with Crippen molar-refractivity contribution in [3.05, 3.63) is 34.0 Å². The zero-order valence-electron chi connectivity index (χ0n) is 9.22. The number of hydrogen-bond acceptors (Lipinski definition) is 4. The van der Waals surface area contributed by atoms with Gasteiger partial charge in [0, 0.05) is 16.0 Å². The molecule has 5 heteroatoms. The molecule has 0 bridgehead atoms. The summed E-state index contributed by atoms with van der Waals surface area (Å²) in [6.45, 7) is 1.96. The molecule has 0 N–H and O–H groups in total. The van der Waals surface area contributed by atoms with E-state index in [0.717, 1.165) is 21.5 Å². The summed E-state index contributed by atoms with van der Waals surface area (Å²) in [6.07, 6.45) is 2.44. The molecule has 1 atom stereocenters. The summed E-state index contributed by atoms with van der Waals surface area (Å²) in [7, 11) is 0. The highest BCUT2D eigenvalue weighted by Crippen LogP contribution is 2.29. The van der Waals surface area contributed by atoms with Gasteiger partial charge in [-0.1, -0.05) is 6.92 Å². The van der Waals surface area contributed by atoms with Crippen molar-refractivity contribution in [3.63, 3.8) is 0 Å². The maximum atomic E-state index is 9.01. The third kappa shape index (κ3) is 2.71. The molecule has 86 valence electrons. The molecule has 2 heterocycles. The molecule has 0 amide bonds. The number of thiophene rings is 1. The Kier molecular flexibility index (Phi) is 3.87. The van der Waals surface area contributed by atoms with Gasteiger partial charge in [0.15, 0.2) is 0 Å². The lowest BCUT2D eigenvalue weighted by Crippen LogP contribution is -2.01. The monoisotopic (exact) mass is 307 g/mol. The highest BCUT2D eigenvalue weighted by molar-refractivity contribution is 9.10. The summed E-state index contributed by atoms with van der Waals surface area (Å²) in [5, 5.41) is 11.0. The van der Waals surface area contributed by atoms with E-state index in [1.807, 2.05) is 24.4 Å². The van der Waals surface area contributed by atoms with Crippen LogP contribution in [0.3, 0.4) is 0 Å². The van der Waals surface area contributed by atoms with Crippen molar-refractivity contribution in [2.24, 2.45) is 0 Å². The van der Waals surface area contributed by atoms with E-state index < -0.39 is 0 Å². The lowest BCUT2D eigenvalue weighted by atomic mass is 10.1. The SMILES string of the molecule is CCC(C#N)c1nccc(-c2cc(Br)cs2)n1. The van der Waals surface area contributed by atoms with Gasteiger partial charge in [-0.3, -0.25) is 0 Å². The second kappa shape index (κ2) is 5.39. The van der Waals surface area contributed by atoms with E-state index in [1.165, 1.54) is 0 Å². The molecule has 0 aromatic carbocycles. The molecule has 0 saturated heterocycles. The van der Waals surface area contributed by atoms with Gasteiger partial charge in [-0.05, 0) is 34.5 Å². The van der Waals surface area contributed by atoms with Gasteiger partial charge < -0.3 is 0 Å². The lowest BCUT2D eigenvalue weighted by molar-refractivity contribution is 0.752. The molecule has 0 aliphatic heterocycles. The first-order valence-corrected chi connectivity index (χ1v) is 6.88. The minimum absolute atomic E-state index is 0.224. The van der Waals surface area contributed by atoms with Gasteiger partial charge in [0.1, 0.15) is 11.7 Å². The van der Waals surface area contributed by atoms with Crippen molar-refractivity contribution >= 4 is 27.3 Å². The minimum atomic E-state index is -0.224. The number of nitriles is 1. The molecule has 0 fully saturated rings. The van der Waals surface area contributed by atoms with E-state index in [4.69, 9.17) is 5.26 Å².